The quantitative estimate of drug-likeness (QED) is 0.320. The van der Waals surface area contributed by atoms with Crippen molar-refractivity contribution in [2.24, 2.45) is 0 Å². The summed E-state index contributed by atoms with van der Waals surface area (Å²) in [4.78, 5) is 23.4. The number of anilines is 1. The average Bonchev–Trinajstić information content (AvgIpc) is 3.16. The van der Waals surface area contributed by atoms with E-state index in [1.165, 1.54) is 18.2 Å². The summed E-state index contributed by atoms with van der Waals surface area (Å²) >= 11 is 17.2. The number of furan rings is 1. The Balaban J connectivity index is 1.62. The van der Waals surface area contributed by atoms with E-state index in [4.69, 9.17) is 39.8 Å². The Hall–Kier alpha value is -3.13. The summed E-state index contributed by atoms with van der Waals surface area (Å²) in [5.41, 5.74) is 1.82. The van der Waals surface area contributed by atoms with Crippen LogP contribution in [-0.2, 0) is 4.79 Å². The number of hydrogen-bond donors (Lipinski definition) is 3. The van der Waals surface area contributed by atoms with Crippen LogP contribution in [0, 0.1) is 6.92 Å². The van der Waals surface area contributed by atoms with Gasteiger partial charge in [-0.25, -0.2) is 4.79 Å². The number of amides is 1. The molecule has 158 valence electrons. The molecule has 31 heavy (non-hydrogen) atoms. The molecule has 0 atom stereocenters. The summed E-state index contributed by atoms with van der Waals surface area (Å²) in [6.07, 6.45) is 2.75. The van der Waals surface area contributed by atoms with Crippen molar-refractivity contribution in [3.63, 3.8) is 0 Å². The normalized spacial score (nSPS) is 10.8. The molecule has 0 saturated heterocycles. The number of carboxylic acid groups (broad SMARTS) is 1. The Morgan fingerprint density at radius 2 is 1.90 bits per heavy atom. The first-order valence-corrected chi connectivity index (χ1v) is 10.1. The number of nitrogens with one attached hydrogen (secondary N) is 2. The van der Waals surface area contributed by atoms with E-state index in [2.05, 4.69) is 10.6 Å². The molecular formula is C22H16Cl2N2O4S. The summed E-state index contributed by atoms with van der Waals surface area (Å²) < 4.78 is 5.69. The lowest BCUT2D eigenvalue weighted by atomic mass is 10.1. The minimum absolute atomic E-state index is 0.0355. The molecule has 9 heteroatoms. The van der Waals surface area contributed by atoms with Crippen LogP contribution in [0.1, 0.15) is 21.7 Å². The third-order valence-electron chi connectivity index (χ3n) is 4.27. The van der Waals surface area contributed by atoms with Crippen LogP contribution >= 0.6 is 35.4 Å². The van der Waals surface area contributed by atoms with Gasteiger partial charge in [-0.15, -0.1) is 0 Å². The van der Waals surface area contributed by atoms with Crippen molar-refractivity contribution in [3.8, 4) is 11.3 Å². The smallest absolute Gasteiger partial charge is 0.336 e. The fraction of sp³-hybridized carbons (Fsp3) is 0.0455. The number of hydrogen-bond acceptors (Lipinski definition) is 4. The standard InChI is InChI=1S/C22H16Cl2N2O4S/c1-12-15(21(28)29)3-2-4-18(12)25-22(31)26-20(27)10-7-14-6-9-19(30-14)16-8-5-13(23)11-17(16)24/h2-11H,1H3,(H,28,29)(H2,25,26,27,31)/b10-7+. The lowest BCUT2D eigenvalue weighted by molar-refractivity contribution is -0.115. The summed E-state index contributed by atoms with van der Waals surface area (Å²) in [5.74, 6) is -0.545. The van der Waals surface area contributed by atoms with Gasteiger partial charge in [-0.2, -0.15) is 0 Å². The van der Waals surface area contributed by atoms with Crippen LogP contribution in [-0.4, -0.2) is 22.1 Å². The molecule has 0 aliphatic rings. The summed E-state index contributed by atoms with van der Waals surface area (Å²) in [6.45, 7) is 1.65. The zero-order valence-electron chi connectivity index (χ0n) is 16.1. The molecule has 1 amide bonds. The summed E-state index contributed by atoms with van der Waals surface area (Å²) in [6, 6.07) is 13.2. The van der Waals surface area contributed by atoms with Gasteiger partial charge in [0, 0.05) is 22.3 Å². The Bertz CT molecular complexity index is 1200. The number of carboxylic acids is 1. The number of aromatic carboxylic acids is 1. The lowest BCUT2D eigenvalue weighted by Crippen LogP contribution is -2.33. The van der Waals surface area contributed by atoms with Crippen LogP contribution in [0.25, 0.3) is 17.4 Å². The first-order valence-electron chi connectivity index (χ1n) is 8.93. The first kappa shape index (κ1) is 22.6. The number of carbonyl (C=O) groups is 2. The van der Waals surface area contributed by atoms with Crippen molar-refractivity contribution in [3.05, 3.63) is 81.5 Å². The molecule has 0 bridgehead atoms. The SMILES string of the molecule is Cc1c(NC(=S)NC(=O)/C=C/c2ccc(-c3ccc(Cl)cc3Cl)o2)cccc1C(=O)O. The molecule has 0 aliphatic carbocycles. The molecule has 2 aromatic carbocycles. The fourth-order valence-electron chi connectivity index (χ4n) is 2.74. The Morgan fingerprint density at radius 3 is 2.61 bits per heavy atom. The van der Waals surface area contributed by atoms with Gasteiger partial charge in [0.05, 0.1) is 10.6 Å². The zero-order chi connectivity index (χ0) is 22.5. The first-order chi connectivity index (χ1) is 14.7. The maximum Gasteiger partial charge on any atom is 0.336 e. The van der Waals surface area contributed by atoms with E-state index in [9.17, 15) is 14.7 Å². The van der Waals surface area contributed by atoms with E-state index >= 15 is 0 Å². The van der Waals surface area contributed by atoms with Crippen molar-refractivity contribution in [2.45, 2.75) is 6.92 Å². The highest BCUT2D eigenvalue weighted by Crippen LogP contribution is 2.31. The van der Waals surface area contributed by atoms with E-state index in [-0.39, 0.29) is 10.7 Å². The van der Waals surface area contributed by atoms with Gasteiger partial charge >= 0.3 is 5.97 Å². The third kappa shape index (κ3) is 5.73. The predicted octanol–water partition coefficient (Wildman–Crippen LogP) is 5.79. The average molecular weight is 475 g/mol. The fourth-order valence-corrected chi connectivity index (χ4v) is 3.46. The second-order valence-electron chi connectivity index (χ2n) is 6.39. The molecule has 0 radical (unpaired) electrons. The van der Waals surface area contributed by atoms with E-state index in [0.29, 0.717) is 38.4 Å². The number of halogens is 2. The van der Waals surface area contributed by atoms with Gasteiger partial charge in [0.25, 0.3) is 0 Å². The molecule has 3 aromatic rings. The van der Waals surface area contributed by atoms with Crippen LogP contribution in [0.5, 0.6) is 0 Å². The number of carbonyl (C=O) groups excluding carboxylic acids is 1. The molecule has 0 aliphatic heterocycles. The molecular weight excluding hydrogens is 459 g/mol. The largest absolute Gasteiger partial charge is 0.478 e. The number of thiocarbonyl (C=S) groups is 1. The van der Waals surface area contributed by atoms with Crippen molar-refractivity contribution < 1.29 is 19.1 Å². The summed E-state index contributed by atoms with van der Waals surface area (Å²) in [7, 11) is 0. The van der Waals surface area contributed by atoms with Gasteiger partial charge in [0.1, 0.15) is 11.5 Å². The molecule has 6 nitrogen and oxygen atoms in total. The molecule has 0 saturated carbocycles. The number of benzene rings is 2. The molecule has 0 fully saturated rings. The lowest BCUT2D eigenvalue weighted by Gasteiger charge is -2.12. The van der Waals surface area contributed by atoms with Gasteiger partial charge in [-0.3, -0.25) is 10.1 Å². The predicted molar refractivity (Wildman–Crippen MR) is 126 cm³/mol. The van der Waals surface area contributed by atoms with Gasteiger partial charge in [-0.05, 0) is 73.2 Å². The van der Waals surface area contributed by atoms with Gasteiger partial charge < -0.3 is 14.8 Å². The van der Waals surface area contributed by atoms with Crippen LogP contribution in [0.4, 0.5) is 5.69 Å². The van der Waals surface area contributed by atoms with E-state index < -0.39 is 11.9 Å². The second kappa shape index (κ2) is 9.78. The minimum Gasteiger partial charge on any atom is -0.478 e. The minimum atomic E-state index is -1.04. The molecule has 0 unspecified atom stereocenters. The van der Waals surface area contributed by atoms with E-state index in [1.54, 1.807) is 49.4 Å². The van der Waals surface area contributed by atoms with Crippen LogP contribution < -0.4 is 10.6 Å². The van der Waals surface area contributed by atoms with Gasteiger partial charge in [-0.1, -0.05) is 29.3 Å². The third-order valence-corrected chi connectivity index (χ3v) is 5.02. The van der Waals surface area contributed by atoms with Crippen LogP contribution in [0.15, 0.2) is 59.0 Å². The van der Waals surface area contributed by atoms with Crippen molar-refractivity contribution in [2.75, 3.05) is 5.32 Å². The highest BCUT2D eigenvalue weighted by molar-refractivity contribution is 7.80. The Kier molecular flexibility index (Phi) is 7.12. The Labute approximate surface area is 193 Å². The molecule has 0 spiro atoms. The monoisotopic (exact) mass is 474 g/mol. The maximum atomic E-state index is 12.1. The Morgan fingerprint density at radius 1 is 1.13 bits per heavy atom. The molecule has 3 N–H and O–H groups in total. The van der Waals surface area contributed by atoms with Gasteiger partial charge in [0.2, 0.25) is 5.91 Å². The second-order valence-corrected chi connectivity index (χ2v) is 7.64. The van der Waals surface area contributed by atoms with Crippen LogP contribution in [0.2, 0.25) is 10.0 Å². The topological polar surface area (TPSA) is 91.6 Å². The molecule has 1 aromatic heterocycles. The zero-order valence-corrected chi connectivity index (χ0v) is 18.4. The van der Waals surface area contributed by atoms with E-state index in [1.807, 2.05) is 0 Å². The number of rotatable bonds is 5. The van der Waals surface area contributed by atoms with Crippen molar-refractivity contribution >= 4 is 64.2 Å². The van der Waals surface area contributed by atoms with E-state index in [0.717, 1.165) is 0 Å². The van der Waals surface area contributed by atoms with Gasteiger partial charge in [0.15, 0.2) is 5.11 Å². The summed E-state index contributed by atoms with van der Waals surface area (Å²) in [5, 5.41) is 15.5. The maximum absolute atomic E-state index is 12.1. The van der Waals surface area contributed by atoms with Crippen molar-refractivity contribution in [1.29, 1.82) is 0 Å². The molecule has 1 heterocycles. The highest BCUT2D eigenvalue weighted by Gasteiger charge is 2.12. The van der Waals surface area contributed by atoms with Crippen molar-refractivity contribution in [1.82, 2.24) is 5.32 Å². The highest BCUT2D eigenvalue weighted by atomic mass is 35.5. The van der Waals surface area contributed by atoms with Crippen LogP contribution in [0.3, 0.4) is 0 Å². The molecule has 3 rings (SSSR count).